The zero-order valence-corrected chi connectivity index (χ0v) is 19.6. The van der Waals surface area contributed by atoms with E-state index in [2.05, 4.69) is 10.6 Å². The van der Waals surface area contributed by atoms with Crippen LogP contribution in [0, 0.1) is 36.5 Å². The van der Waals surface area contributed by atoms with E-state index in [9.17, 15) is 20.1 Å². The van der Waals surface area contributed by atoms with Crippen molar-refractivity contribution in [3.05, 3.63) is 82.2 Å². The van der Waals surface area contributed by atoms with Crippen LogP contribution < -0.4 is 10.6 Å². The molecule has 0 radical (unpaired) electrons. The van der Waals surface area contributed by atoms with Gasteiger partial charge in [-0.3, -0.25) is 0 Å². The third-order valence-corrected chi connectivity index (χ3v) is 4.57. The predicted octanol–water partition coefficient (Wildman–Crippen LogP) is 4.51. The summed E-state index contributed by atoms with van der Waals surface area (Å²) in [6.45, 7) is 7.13. The van der Waals surface area contributed by atoms with Crippen molar-refractivity contribution in [3.8, 4) is 12.1 Å². The summed E-state index contributed by atoms with van der Waals surface area (Å²) in [6.07, 6.45) is 0. The second kappa shape index (κ2) is 12.5. The van der Waals surface area contributed by atoms with Crippen molar-refractivity contribution in [2.75, 3.05) is 23.8 Å². The second-order valence-corrected chi connectivity index (χ2v) is 7.15. The normalized spacial score (nSPS) is 11.7. The van der Waals surface area contributed by atoms with E-state index in [-0.39, 0.29) is 24.6 Å². The fourth-order valence-corrected chi connectivity index (χ4v) is 2.88. The van der Waals surface area contributed by atoms with Crippen LogP contribution in [-0.2, 0) is 19.1 Å². The van der Waals surface area contributed by atoms with E-state index in [0.29, 0.717) is 11.4 Å². The molecule has 34 heavy (non-hydrogen) atoms. The SMILES string of the molecule is CCOC(=O)/C(C#N)=C(Nc1ccc(C)cc1)/C(Nc1ccc(C)cc1)=C(\C#N)C(=O)OCC. The molecule has 0 aliphatic heterocycles. The largest absolute Gasteiger partial charge is 0.462 e. The molecule has 2 N–H and O–H groups in total. The first-order valence-corrected chi connectivity index (χ1v) is 10.6. The Morgan fingerprint density at radius 1 is 0.706 bits per heavy atom. The number of aryl methyl sites for hydroxylation is 2. The molecule has 0 fully saturated rings. The first kappa shape index (κ1) is 25.7. The van der Waals surface area contributed by atoms with E-state index >= 15 is 0 Å². The maximum absolute atomic E-state index is 12.7. The summed E-state index contributed by atoms with van der Waals surface area (Å²) in [4.78, 5) is 25.4. The molecule has 0 aromatic heterocycles. The molecular formula is C26H26N4O4. The van der Waals surface area contributed by atoms with Gasteiger partial charge < -0.3 is 20.1 Å². The van der Waals surface area contributed by atoms with Crippen molar-refractivity contribution in [1.29, 1.82) is 10.5 Å². The topological polar surface area (TPSA) is 124 Å². The first-order chi connectivity index (χ1) is 16.3. The van der Waals surface area contributed by atoms with Crippen molar-refractivity contribution >= 4 is 23.3 Å². The van der Waals surface area contributed by atoms with Gasteiger partial charge in [-0.15, -0.1) is 0 Å². The van der Waals surface area contributed by atoms with Gasteiger partial charge in [0.1, 0.15) is 12.1 Å². The minimum absolute atomic E-state index is 0.0370. The lowest BCUT2D eigenvalue weighted by molar-refractivity contribution is -0.139. The number of rotatable bonds is 9. The molecule has 0 unspecified atom stereocenters. The molecule has 0 saturated heterocycles. The zero-order chi connectivity index (χ0) is 25.1. The Kier molecular flexibility index (Phi) is 9.43. The van der Waals surface area contributed by atoms with Crippen LogP contribution in [-0.4, -0.2) is 25.2 Å². The van der Waals surface area contributed by atoms with Crippen LogP contribution in [0.1, 0.15) is 25.0 Å². The maximum atomic E-state index is 12.7. The average Bonchev–Trinajstić information content (AvgIpc) is 2.82. The minimum atomic E-state index is -0.899. The van der Waals surface area contributed by atoms with E-state index in [1.807, 2.05) is 50.3 Å². The molecule has 174 valence electrons. The number of hydrogen-bond acceptors (Lipinski definition) is 8. The average molecular weight is 459 g/mol. The summed E-state index contributed by atoms with van der Waals surface area (Å²) in [5.74, 6) is -1.80. The molecular weight excluding hydrogens is 432 g/mol. The molecule has 0 aliphatic carbocycles. The number of carbonyl (C=O) groups is 2. The summed E-state index contributed by atoms with van der Waals surface area (Å²) in [7, 11) is 0. The fraction of sp³-hybridized carbons (Fsp3) is 0.231. The molecule has 8 heteroatoms. The van der Waals surface area contributed by atoms with Crippen molar-refractivity contribution < 1.29 is 19.1 Å². The van der Waals surface area contributed by atoms with Gasteiger partial charge in [0.2, 0.25) is 0 Å². The van der Waals surface area contributed by atoms with E-state index in [0.717, 1.165) is 11.1 Å². The minimum Gasteiger partial charge on any atom is -0.462 e. The molecule has 2 aromatic rings. The van der Waals surface area contributed by atoms with Gasteiger partial charge in [0.15, 0.2) is 11.1 Å². The summed E-state index contributed by atoms with van der Waals surface area (Å²) in [5, 5.41) is 25.8. The van der Waals surface area contributed by atoms with E-state index in [1.54, 1.807) is 38.1 Å². The van der Waals surface area contributed by atoms with Crippen molar-refractivity contribution in [1.82, 2.24) is 0 Å². The number of nitrogens with zero attached hydrogens (tertiary/aromatic N) is 2. The van der Waals surface area contributed by atoms with Crippen LogP contribution in [0.4, 0.5) is 11.4 Å². The van der Waals surface area contributed by atoms with Gasteiger partial charge in [-0.05, 0) is 52.0 Å². The Hall–Kier alpha value is -4.56. The summed E-state index contributed by atoms with van der Waals surface area (Å²) >= 11 is 0. The van der Waals surface area contributed by atoms with Crippen LogP contribution in [0.2, 0.25) is 0 Å². The lowest BCUT2D eigenvalue weighted by atomic mass is 10.1. The number of esters is 2. The lowest BCUT2D eigenvalue weighted by Crippen LogP contribution is -2.22. The molecule has 8 nitrogen and oxygen atoms in total. The summed E-state index contributed by atoms with van der Waals surface area (Å²) < 4.78 is 10.1. The molecule has 0 saturated carbocycles. The van der Waals surface area contributed by atoms with Crippen LogP contribution in [0.25, 0.3) is 0 Å². The van der Waals surface area contributed by atoms with E-state index in [1.165, 1.54) is 0 Å². The number of nitrogens with one attached hydrogen (secondary N) is 2. The molecule has 2 aromatic carbocycles. The Bertz CT molecular complexity index is 1090. The number of hydrogen-bond donors (Lipinski definition) is 2. The first-order valence-electron chi connectivity index (χ1n) is 10.6. The van der Waals surface area contributed by atoms with Gasteiger partial charge in [-0.1, -0.05) is 35.4 Å². The number of nitriles is 2. The fourth-order valence-electron chi connectivity index (χ4n) is 2.88. The molecule has 2 rings (SSSR count). The highest BCUT2D eigenvalue weighted by molar-refractivity contribution is 5.99. The van der Waals surface area contributed by atoms with Crippen LogP contribution >= 0.6 is 0 Å². The smallest absolute Gasteiger partial charge is 0.351 e. The van der Waals surface area contributed by atoms with Gasteiger partial charge in [0.25, 0.3) is 0 Å². The van der Waals surface area contributed by atoms with Crippen LogP contribution in [0.5, 0.6) is 0 Å². The summed E-state index contributed by atoms with van der Waals surface area (Å²) in [6, 6.07) is 18.0. The number of benzene rings is 2. The Balaban J connectivity index is 2.82. The Morgan fingerprint density at radius 2 is 1.03 bits per heavy atom. The molecule has 0 bridgehead atoms. The van der Waals surface area contributed by atoms with Crippen molar-refractivity contribution in [3.63, 3.8) is 0 Å². The lowest BCUT2D eigenvalue weighted by Gasteiger charge is -2.20. The van der Waals surface area contributed by atoms with Gasteiger partial charge in [-0.2, -0.15) is 10.5 Å². The monoisotopic (exact) mass is 458 g/mol. The number of anilines is 2. The van der Waals surface area contributed by atoms with Gasteiger partial charge in [-0.25, -0.2) is 9.59 Å². The van der Waals surface area contributed by atoms with Crippen LogP contribution in [0.3, 0.4) is 0 Å². The van der Waals surface area contributed by atoms with Gasteiger partial charge >= 0.3 is 11.9 Å². The highest BCUT2D eigenvalue weighted by Crippen LogP contribution is 2.26. The Morgan fingerprint density at radius 3 is 1.29 bits per heavy atom. The molecule has 0 spiro atoms. The number of ether oxygens (including phenoxy) is 2. The third kappa shape index (κ3) is 6.72. The standard InChI is InChI=1S/C26H26N4O4/c1-5-33-25(31)21(15-27)23(29-19-11-7-17(3)8-12-19)24(22(16-28)26(32)34-6-2)30-20-13-9-18(4)10-14-20/h7-14,29-30H,5-6H2,1-4H3/b23-21-,24-22-. The molecule has 0 amide bonds. The Labute approximate surface area is 199 Å². The van der Waals surface area contributed by atoms with Gasteiger partial charge in [0.05, 0.1) is 24.6 Å². The third-order valence-electron chi connectivity index (χ3n) is 4.57. The molecule has 0 heterocycles. The predicted molar refractivity (Wildman–Crippen MR) is 128 cm³/mol. The van der Waals surface area contributed by atoms with Crippen LogP contribution in [0.15, 0.2) is 71.1 Å². The molecule has 0 aliphatic rings. The number of carbonyl (C=O) groups excluding carboxylic acids is 2. The van der Waals surface area contributed by atoms with E-state index in [4.69, 9.17) is 9.47 Å². The highest BCUT2D eigenvalue weighted by Gasteiger charge is 2.27. The highest BCUT2D eigenvalue weighted by atomic mass is 16.5. The maximum Gasteiger partial charge on any atom is 0.351 e. The summed E-state index contributed by atoms with van der Waals surface area (Å²) in [5.41, 5.74) is 2.07. The quantitative estimate of drug-likeness (QED) is 0.243. The molecule has 0 atom stereocenters. The zero-order valence-electron chi connectivity index (χ0n) is 19.6. The second-order valence-electron chi connectivity index (χ2n) is 7.15. The van der Waals surface area contributed by atoms with E-state index < -0.39 is 23.1 Å². The van der Waals surface area contributed by atoms with Crippen molar-refractivity contribution in [2.24, 2.45) is 0 Å². The van der Waals surface area contributed by atoms with Gasteiger partial charge in [0, 0.05) is 11.4 Å². The van der Waals surface area contributed by atoms with Crippen molar-refractivity contribution in [2.45, 2.75) is 27.7 Å².